The van der Waals surface area contributed by atoms with E-state index in [1.165, 1.54) is 24.3 Å². The summed E-state index contributed by atoms with van der Waals surface area (Å²) in [5, 5.41) is 2.47. The third-order valence-electron chi connectivity index (χ3n) is 2.28. The van der Waals surface area contributed by atoms with Crippen molar-refractivity contribution in [2.24, 2.45) is 0 Å². The average Bonchev–Trinajstić information content (AvgIpc) is 2.41. The summed E-state index contributed by atoms with van der Waals surface area (Å²) in [7, 11) is 0. The lowest BCUT2D eigenvalue weighted by molar-refractivity contribution is -0.0498. The Labute approximate surface area is 113 Å². The number of alkyl halides is 2. The Bertz CT molecular complexity index is 558. The van der Waals surface area contributed by atoms with Gasteiger partial charge in [0.1, 0.15) is 11.5 Å². The zero-order chi connectivity index (χ0) is 14.4. The van der Waals surface area contributed by atoms with E-state index in [-0.39, 0.29) is 5.75 Å². The summed E-state index contributed by atoms with van der Waals surface area (Å²) in [6.45, 7) is -2.88. The Balaban J connectivity index is 1.91. The van der Waals surface area contributed by atoms with E-state index >= 15 is 0 Å². The largest absolute Gasteiger partial charge is 0.435 e. The fraction of sp³-hybridized carbons (Fsp3) is 0.0714. The molecule has 0 fully saturated rings. The maximum absolute atomic E-state index is 12.0. The maximum Gasteiger partial charge on any atom is 0.417 e. The highest BCUT2D eigenvalue weighted by atomic mass is 19.3. The molecule has 0 atom stereocenters. The Morgan fingerprint density at radius 2 is 1.60 bits per heavy atom. The van der Waals surface area contributed by atoms with E-state index in [0.717, 1.165) is 0 Å². The van der Waals surface area contributed by atoms with Gasteiger partial charge in [-0.25, -0.2) is 4.79 Å². The summed E-state index contributed by atoms with van der Waals surface area (Å²) in [4.78, 5) is 11.6. The highest BCUT2D eigenvalue weighted by Crippen LogP contribution is 2.18. The van der Waals surface area contributed by atoms with E-state index in [9.17, 15) is 13.6 Å². The fourth-order valence-electron chi connectivity index (χ4n) is 1.46. The van der Waals surface area contributed by atoms with Gasteiger partial charge in [0, 0.05) is 5.69 Å². The Morgan fingerprint density at radius 1 is 0.950 bits per heavy atom. The molecule has 104 valence electrons. The molecule has 0 saturated heterocycles. The van der Waals surface area contributed by atoms with Crippen LogP contribution in [0.3, 0.4) is 0 Å². The Morgan fingerprint density at radius 3 is 2.20 bits per heavy atom. The molecule has 0 bridgehead atoms. The van der Waals surface area contributed by atoms with Crippen LogP contribution in [0.1, 0.15) is 0 Å². The van der Waals surface area contributed by atoms with Gasteiger partial charge in [-0.1, -0.05) is 18.2 Å². The number of nitrogens with one attached hydrogen (secondary N) is 1. The molecule has 1 N–H and O–H groups in total. The molecule has 0 aliphatic rings. The number of carbonyl (C=O) groups is 1. The van der Waals surface area contributed by atoms with Gasteiger partial charge in [-0.05, 0) is 36.4 Å². The van der Waals surface area contributed by atoms with Crippen LogP contribution >= 0.6 is 0 Å². The van der Waals surface area contributed by atoms with Crippen molar-refractivity contribution in [1.29, 1.82) is 0 Å². The van der Waals surface area contributed by atoms with E-state index in [0.29, 0.717) is 11.4 Å². The molecule has 0 unspecified atom stereocenters. The molecule has 0 aliphatic carbocycles. The van der Waals surface area contributed by atoms with Gasteiger partial charge >= 0.3 is 12.7 Å². The van der Waals surface area contributed by atoms with Crippen molar-refractivity contribution in [2.45, 2.75) is 6.61 Å². The molecule has 2 aromatic carbocycles. The third kappa shape index (κ3) is 4.24. The number of benzene rings is 2. The molecular weight excluding hydrogens is 268 g/mol. The first kappa shape index (κ1) is 13.8. The zero-order valence-electron chi connectivity index (χ0n) is 10.3. The number of hydrogen-bond acceptors (Lipinski definition) is 3. The first-order valence-electron chi connectivity index (χ1n) is 5.72. The minimum Gasteiger partial charge on any atom is -0.435 e. The van der Waals surface area contributed by atoms with Crippen LogP contribution in [-0.2, 0) is 0 Å². The minimum absolute atomic E-state index is 0.0157. The van der Waals surface area contributed by atoms with Crippen LogP contribution in [0.4, 0.5) is 19.3 Å². The van der Waals surface area contributed by atoms with Gasteiger partial charge in [0.05, 0.1) is 0 Å². The van der Waals surface area contributed by atoms with Crippen LogP contribution in [0.2, 0.25) is 0 Å². The van der Waals surface area contributed by atoms with Crippen LogP contribution in [0, 0.1) is 0 Å². The second-order valence-corrected chi connectivity index (χ2v) is 3.73. The van der Waals surface area contributed by atoms with Crippen LogP contribution in [-0.4, -0.2) is 12.7 Å². The Hall–Kier alpha value is -2.63. The highest BCUT2D eigenvalue weighted by molar-refractivity contribution is 5.86. The SMILES string of the molecule is O=C(Nc1ccc(OC(F)F)cc1)Oc1ccccc1. The maximum atomic E-state index is 12.0. The van der Waals surface area contributed by atoms with Crippen LogP contribution < -0.4 is 14.8 Å². The number of para-hydroxylation sites is 1. The number of rotatable bonds is 4. The lowest BCUT2D eigenvalue weighted by Gasteiger charge is -2.08. The smallest absolute Gasteiger partial charge is 0.417 e. The molecule has 0 spiro atoms. The molecular formula is C14H11F2NO3. The highest BCUT2D eigenvalue weighted by Gasteiger charge is 2.06. The second kappa shape index (κ2) is 6.51. The lowest BCUT2D eigenvalue weighted by atomic mass is 10.3. The summed E-state index contributed by atoms with van der Waals surface area (Å²) >= 11 is 0. The predicted molar refractivity (Wildman–Crippen MR) is 69.2 cm³/mol. The predicted octanol–water partition coefficient (Wildman–Crippen LogP) is 3.90. The van der Waals surface area contributed by atoms with E-state index in [1.807, 2.05) is 0 Å². The van der Waals surface area contributed by atoms with E-state index in [1.54, 1.807) is 30.3 Å². The molecule has 0 aliphatic heterocycles. The van der Waals surface area contributed by atoms with Crippen LogP contribution in [0.5, 0.6) is 11.5 Å². The van der Waals surface area contributed by atoms with Gasteiger partial charge < -0.3 is 9.47 Å². The first-order valence-corrected chi connectivity index (χ1v) is 5.72. The standard InChI is InChI=1S/C14H11F2NO3/c15-13(16)19-12-8-6-10(7-9-12)17-14(18)20-11-4-2-1-3-5-11/h1-9,13H,(H,17,18). The number of anilines is 1. The quantitative estimate of drug-likeness (QED) is 0.923. The van der Waals surface area contributed by atoms with Crippen molar-refractivity contribution >= 4 is 11.8 Å². The van der Waals surface area contributed by atoms with Gasteiger partial charge in [0.25, 0.3) is 0 Å². The molecule has 0 saturated carbocycles. The Kier molecular flexibility index (Phi) is 4.49. The minimum atomic E-state index is -2.88. The molecule has 6 heteroatoms. The van der Waals surface area contributed by atoms with Gasteiger partial charge in [-0.2, -0.15) is 8.78 Å². The summed E-state index contributed by atoms with van der Waals surface area (Å²) < 4.78 is 33.1. The number of hydrogen-bond donors (Lipinski definition) is 1. The van der Waals surface area contributed by atoms with Crippen molar-refractivity contribution < 1.29 is 23.0 Å². The number of ether oxygens (including phenoxy) is 2. The fourth-order valence-corrected chi connectivity index (χ4v) is 1.46. The van der Waals surface area contributed by atoms with Crippen molar-refractivity contribution in [3.05, 3.63) is 54.6 Å². The van der Waals surface area contributed by atoms with Gasteiger partial charge in [-0.3, -0.25) is 5.32 Å². The number of carbonyl (C=O) groups excluding carboxylic acids is 1. The van der Waals surface area contributed by atoms with Crippen molar-refractivity contribution in [2.75, 3.05) is 5.32 Å². The first-order chi connectivity index (χ1) is 9.63. The van der Waals surface area contributed by atoms with Crippen molar-refractivity contribution in [1.82, 2.24) is 0 Å². The topological polar surface area (TPSA) is 47.6 Å². The second-order valence-electron chi connectivity index (χ2n) is 3.73. The van der Waals surface area contributed by atoms with Crippen molar-refractivity contribution in [3.63, 3.8) is 0 Å². The molecule has 0 aromatic heterocycles. The number of amides is 1. The average molecular weight is 279 g/mol. The summed E-state index contributed by atoms with van der Waals surface area (Å²) in [5.74, 6) is 0.421. The normalized spacial score (nSPS) is 10.2. The lowest BCUT2D eigenvalue weighted by Crippen LogP contribution is -2.16. The molecule has 1 amide bonds. The molecule has 2 aromatic rings. The third-order valence-corrected chi connectivity index (χ3v) is 2.28. The summed E-state index contributed by atoms with van der Waals surface area (Å²) in [5.41, 5.74) is 0.410. The van der Waals surface area contributed by atoms with Crippen LogP contribution in [0.25, 0.3) is 0 Å². The van der Waals surface area contributed by atoms with Gasteiger partial charge in [0.15, 0.2) is 0 Å². The molecule has 0 radical (unpaired) electrons. The monoisotopic (exact) mass is 279 g/mol. The molecule has 20 heavy (non-hydrogen) atoms. The van der Waals surface area contributed by atoms with Gasteiger partial charge in [0.2, 0.25) is 0 Å². The molecule has 2 rings (SSSR count). The van der Waals surface area contributed by atoms with E-state index in [2.05, 4.69) is 10.1 Å². The van der Waals surface area contributed by atoms with Crippen LogP contribution in [0.15, 0.2) is 54.6 Å². The zero-order valence-corrected chi connectivity index (χ0v) is 10.3. The summed E-state index contributed by atoms with van der Waals surface area (Å²) in [6, 6.07) is 14.1. The molecule has 4 nitrogen and oxygen atoms in total. The summed E-state index contributed by atoms with van der Waals surface area (Å²) in [6.07, 6.45) is -0.668. The van der Waals surface area contributed by atoms with E-state index in [4.69, 9.17) is 4.74 Å². The van der Waals surface area contributed by atoms with Crippen molar-refractivity contribution in [3.8, 4) is 11.5 Å². The molecule has 0 heterocycles. The van der Waals surface area contributed by atoms with E-state index < -0.39 is 12.7 Å². The number of halogens is 2. The van der Waals surface area contributed by atoms with Gasteiger partial charge in [-0.15, -0.1) is 0 Å².